The maximum Gasteiger partial charge on any atom is 0.271 e. The number of carbonyl (C=O) groups is 1. The SMILES string of the molecule is O=C(NCCO)c1cn(C/C=C\CO)cn1. The topological polar surface area (TPSA) is 87.4 Å². The molecule has 1 amide bonds. The van der Waals surface area contributed by atoms with Gasteiger partial charge in [0.25, 0.3) is 5.91 Å². The molecule has 0 saturated heterocycles. The summed E-state index contributed by atoms with van der Waals surface area (Å²) in [6, 6.07) is 0. The van der Waals surface area contributed by atoms with Crippen molar-refractivity contribution in [1.29, 1.82) is 0 Å². The van der Waals surface area contributed by atoms with Gasteiger partial charge >= 0.3 is 0 Å². The largest absolute Gasteiger partial charge is 0.395 e. The molecule has 0 aliphatic rings. The lowest BCUT2D eigenvalue weighted by molar-refractivity contribution is 0.0940. The van der Waals surface area contributed by atoms with Crippen LogP contribution in [-0.4, -0.2) is 45.4 Å². The van der Waals surface area contributed by atoms with E-state index in [9.17, 15) is 4.79 Å². The van der Waals surface area contributed by atoms with E-state index in [1.54, 1.807) is 22.9 Å². The summed E-state index contributed by atoms with van der Waals surface area (Å²) in [4.78, 5) is 15.3. The lowest BCUT2D eigenvalue weighted by Crippen LogP contribution is -2.26. The van der Waals surface area contributed by atoms with Crippen LogP contribution in [0.3, 0.4) is 0 Å². The molecule has 0 saturated carbocycles. The predicted molar refractivity (Wildman–Crippen MR) is 57.9 cm³/mol. The zero-order chi connectivity index (χ0) is 11.8. The van der Waals surface area contributed by atoms with Gasteiger partial charge in [0.05, 0.1) is 19.5 Å². The molecule has 16 heavy (non-hydrogen) atoms. The molecule has 0 aliphatic heterocycles. The number of aromatic nitrogens is 2. The standard InChI is InChI=1S/C10H15N3O3/c14-5-2-1-4-13-7-9(12-8-13)10(16)11-3-6-15/h1-2,7-8,14-15H,3-6H2,(H,11,16)/b2-1-. The Labute approximate surface area is 93.2 Å². The van der Waals surface area contributed by atoms with E-state index < -0.39 is 0 Å². The Hall–Kier alpha value is -1.66. The number of aliphatic hydroxyl groups is 2. The molecule has 0 radical (unpaired) electrons. The summed E-state index contributed by atoms with van der Waals surface area (Å²) < 4.78 is 1.72. The molecule has 1 heterocycles. The number of aliphatic hydroxyl groups excluding tert-OH is 2. The summed E-state index contributed by atoms with van der Waals surface area (Å²) in [5.41, 5.74) is 0.311. The van der Waals surface area contributed by atoms with Gasteiger partial charge in [-0.2, -0.15) is 0 Å². The minimum Gasteiger partial charge on any atom is -0.395 e. The van der Waals surface area contributed by atoms with Crippen molar-refractivity contribution in [2.45, 2.75) is 6.54 Å². The Kier molecular flexibility index (Phi) is 5.24. The Bertz CT molecular complexity index is 360. The zero-order valence-corrected chi connectivity index (χ0v) is 8.83. The molecular formula is C10H15N3O3. The number of carbonyl (C=O) groups excluding carboxylic acids is 1. The first-order chi connectivity index (χ1) is 7.77. The van der Waals surface area contributed by atoms with Crippen LogP contribution in [0.1, 0.15) is 10.5 Å². The smallest absolute Gasteiger partial charge is 0.271 e. The number of nitrogens with zero attached hydrogens (tertiary/aromatic N) is 2. The Balaban J connectivity index is 2.50. The number of hydrogen-bond donors (Lipinski definition) is 3. The summed E-state index contributed by atoms with van der Waals surface area (Å²) >= 11 is 0. The molecule has 0 atom stereocenters. The third-order valence-electron chi connectivity index (χ3n) is 1.85. The first kappa shape index (κ1) is 12.4. The zero-order valence-electron chi connectivity index (χ0n) is 8.83. The number of allylic oxidation sites excluding steroid dienone is 1. The highest BCUT2D eigenvalue weighted by Crippen LogP contribution is 1.96. The number of rotatable bonds is 6. The van der Waals surface area contributed by atoms with Crippen LogP contribution < -0.4 is 5.32 Å². The van der Waals surface area contributed by atoms with Gasteiger partial charge in [0.15, 0.2) is 0 Å². The van der Waals surface area contributed by atoms with Crippen molar-refractivity contribution in [3.05, 3.63) is 30.4 Å². The van der Waals surface area contributed by atoms with Crippen LogP contribution in [0.2, 0.25) is 0 Å². The van der Waals surface area contributed by atoms with Crippen molar-refractivity contribution < 1.29 is 15.0 Å². The average molecular weight is 225 g/mol. The van der Waals surface area contributed by atoms with Crippen LogP contribution in [0.15, 0.2) is 24.7 Å². The summed E-state index contributed by atoms with van der Waals surface area (Å²) in [7, 11) is 0. The molecule has 0 spiro atoms. The fraction of sp³-hybridized carbons (Fsp3) is 0.400. The van der Waals surface area contributed by atoms with Gasteiger partial charge in [-0.3, -0.25) is 4.79 Å². The minimum atomic E-state index is -0.307. The first-order valence-corrected chi connectivity index (χ1v) is 4.94. The molecular weight excluding hydrogens is 210 g/mol. The van der Waals surface area contributed by atoms with Crippen molar-refractivity contribution in [3.8, 4) is 0 Å². The quantitative estimate of drug-likeness (QED) is 0.550. The first-order valence-electron chi connectivity index (χ1n) is 4.94. The molecule has 3 N–H and O–H groups in total. The van der Waals surface area contributed by atoms with E-state index >= 15 is 0 Å². The number of imidazole rings is 1. The van der Waals surface area contributed by atoms with Crippen LogP contribution >= 0.6 is 0 Å². The highest BCUT2D eigenvalue weighted by atomic mass is 16.3. The van der Waals surface area contributed by atoms with Gasteiger partial charge in [-0.1, -0.05) is 12.2 Å². The second-order valence-electron chi connectivity index (χ2n) is 3.09. The van der Waals surface area contributed by atoms with Crippen molar-refractivity contribution >= 4 is 5.91 Å². The third kappa shape index (κ3) is 3.84. The van der Waals surface area contributed by atoms with E-state index in [4.69, 9.17) is 10.2 Å². The van der Waals surface area contributed by atoms with Crippen LogP contribution in [0.5, 0.6) is 0 Å². The molecule has 1 aromatic heterocycles. The molecule has 6 heteroatoms. The second kappa shape index (κ2) is 6.76. The Morgan fingerprint density at radius 3 is 3.00 bits per heavy atom. The van der Waals surface area contributed by atoms with Crippen LogP contribution in [-0.2, 0) is 6.54 Å². The predicted octanol–water partition coefficient (Wildman–Crippen LogP) is -0.846. The van der Waals surface area contributed by atoms with Gasteiger partial charge < -0.3 is 20.1 Å². The summed E-state index contributed by atoms with van der Waals surface area (Å²) in [6.45, 7) is 0.682. The maximum atomic E-state index is 11.4. The molecule has 0 aromatic carbocycles. The van der Waals surface area contributed by atoms with Gasteiger partial charge in [0.1, 0.15) is 5.69 Å². The summed E-state index contributed by atoms with van der Waals surface area (Å²) in [5.74, 6) is -0.307. The lowest BCUT2D eigenvalue weighted by Gasteiger charge is -1.98. The van der Waals surface area contributed by atoms with E-state index in [1.807, 2.05) is 0 Å². The highest BCUT2D eigenvalue weighted by molar-refractivity contribution is 5.91. The monoisotopic (exact) mass is 225 g/mol. The molecule has 88 valence electrons. The van der Waals surface area contributed by atoms with Crippen LogP contribution in [0.25, 0.3) is 0 Å². The van der Waals surface area contributed by atoms with Crippen molar-refractivity contribution in [2.24, 2.45) is 0 Å². The highest BCUT2D eigenvalue weighted by Gasteiger charge is 2.07. The summed E-state index contributed by atoms with van der Waals surface area (Å²) in [6.07, 6.45) is 6.53. The van der Waals surface area contributed by atoms with Gasteiger partial charge in [0, 0.05) is 19.3 Å². The fourth-order valence-electron chi connectivity index (χ4n) is 1.11. The van der Waals surface area contributed by atoms with E-state index in [1.165, 1.54) is 6.33 Å². The molecule has 0 aliphatic carbocycles. The second-order valence-corrected chi connectivity index (χ2v) is 3.09. The lowest BCUT2D eigenvalue weighted by atomic mass is 10.4. The number of hydrogen-bond acceptors (Lipinski definition) is 4. The van der Waals surface area contributed by atoms with Gasteiger partial charge in [-0.05, 0) is 0 Å². The van der Waals surface area contributed by atoms with Gasteiger partial charge in [-0.25, -0.2) is 4.98 Å². The van der Waals surface area contributed by atoms with E-state index in [0.717, 1.165) is 0 Å². The molecule has 1 rings (SSSR count). The fourth-order valence-corrected chi connectivity index (χ4v) is 1.11. The van der Waals surface area contributed by atoms with Crippen molar-refractivity contribution in [2.75, 3.05) is 19.8 Å². The Morgan fingerprint density at radius 2 is 2.31 bits per heavy atom. The van der Waals surface area contributed by atoms with Gasteiger partial charge in [0.2, 0.25) is 0 Å². The van der Waals surface area contributed by atoms with Gasteiger partial charge in [-0.15, -0.1) is 0 Å². The number of amides is 1. The average Bonchev–Trinajstić information content (AvgIpc) is 2.75. The molecule has 0 unspecified atom stereocenters. The maximum absolute atomic E-state index is 11.4. The molecule has 0 fully saturated rings. The van der Waals surface area contributed by atoms with E-state index in [-0.39, 0.29) is 25.7 Å². The normalized spacial score (nSPS) is 10.9. The van der Waals surface area contributed by atoms with Crippen molar-refractivity contribution in [3.63, 3.8) is 0 Å². The van der Waals surface area contributed by atoms with E-state index in [2.05, 4.69) is 10.3 Å². The van der Waals surface area contributed by atoms with Crippen molar-refractivity contribution in [1.82, 2.24) is 14.9 Å². The van der Waals surface area contributed by atoms with E-state index in [0.29, 0.717) is 12.2 Å². The third-order valence-corrected chi connectivity index (χ3v) is 1.85. The summed E-state index contributed by atoms with van der Waals surface area (Å²) in [5, 5.41) is 19.6. The number of nitrogens with one attached hydrogen (secondary N) is 1. The van der Waals surface area contributed by atoms with Crippen LogP contribution in [0, 0.1) is 0 Å². The van der Waals surface area contributed by atoms with Crippen LogP contribution in [0.4, 0.5) is 0 Å². The Morgan fingerprint density at radius 1 is 1.50 bits per heavy atom. The molecule has 0 bridgehead atoms. The molecule has 1 aromatic rings. The minimum absolute atomic E-state index is 0.00145. The molecule has 6 nitrogen and oxygen atoms in total.